The summed E-state index contributed by atoms with van der Waals surface area (Å²) in [5.41, 5.74) is 0.801. The third-order valence-electron chi connectivity index (χ3n) is 3.01. The van der Waals surface area contributed by atoms with E-state index in [-0.39, 0.29) is 12.2 Å². The summed E-state index contributed by atoms with van der Waals surface area (Å²) in [6.07, 6.45) is 3.22. The van der Waals surface area contributed by atoms with E-state index in [0.29, 0.717) is 12.4 Å². The Morgan fingerprint density at radius 3 is 2.37 bits per heavy atom. The number of ether oxygens (including phenoxy) is 4. The molecular weight excluding hydrogens is 244 g/mol. The van der Waals surface area contributed by atoms with Gasteiger partial charge in [0.2, 0.25) is 5.79 Å². The lowest BCUT2D eigenvalue weighted by Crippen LogP contribution is -2.35. The van der Waals surface area contributed by atoms with Gasteiger partial charge in [0.25, 0.3) is 0 Å². The van der Waals surface area contributed by atoms with Crippen LogP contribution in [0.25, 0.3) is 0 Å². The molecule has 2 rings (SSSR count). The van der Waals surface area contributed by atoms with E-state index in [1.54, 1.807) is 6.08 Å². The van der Waals surface area contributed by atoms with E-state index < -0.39 is 11.6 Å². The second kappa shape index (κ2) is 4.78. The van der Waals surface area contributed by atoms with Gasteiger partial charge in [-0.1, -0.05) is 12.7 Å². The van der Waals surface area contributed by atoms with Crippen molar-refractivity contribution in [1.29, 1.82) is 0 Å². The topological polar surface area (TPSA) is 36.9 Å². The monoisotopic (exact) mass is 266 g/mol. The second-order valence-corrected chi connectivity index (χ2v) is 5.73. The number of hydrogen-bond acceptors (Lipinski definition) is 4. The van der Waals surface area contributed by atoms with Crippen molar-refractivity contribution in [2.45, 2.75) is 51.5 Å². The molecule has 0 unspecified atom stereocenters. The molecule has 0 bridgehead atoms. The minimum atomic E-state index is -0.647. The highest BCUT2D eigenvalue weighted by Gasteiger charge is 2.40. The summed E-state index contributed by atoms with van der Waals surface area (Å²) in [6.45, 7) is 15.7. The molecule has 2 aliphatic rings. The quantitative estimate of drug-likeness (QED) is 0.720. The van der Waals surface area contributed by atoms with Crippen LogP contribution in [-0.4, -0.2) is 30.4 Å². The molecule has 2 fully saturated rings. The number of hydrogen-bond donors (Lipinski definition) is 0. The highest BCUT2D eigenvalue weighted by molar-refractivity contribution is 5.27. The van der Waals surface area contributed by atoms with Crippen molar-refractivity contribution < 1.29 is 18.9 Å². The maximum absolute atomic E-state index is 5.84. The minimum absolute atomic E-state index is 0.190. The van der Waals surface area contributed by atoms with Gasteiger partial charge >= 0.3 is 0 Å². The molecule has 2 saturated heterocycles. The third-order valence-corrected chi connectivity index (χ3v) is 3.01. The smallest absolute Gasteiger partial charge is 0.205 e. The van der Waals surface area contributed by atoms with Gasteiger partial charge in [-0.25, -0.2) is 0 Å². The molecule has 0 aromatic rings. The Labute approximate surface area is 114 Å². The first-order chi connectivity index (χ1) is 8.72. The van der Waals surface area contributed by atoms with Gasteiger partial charge in [0, 0.05) is 19.4 Å². The first-order valence-electron chi connectivity index (χ1n) is 6.43. The molecule has 0 aromatic heterocycles. The molecule has 0 N–H and O–H groups in total. The fourth-order valence-electron chi connectivity index (χ4n) is 2.13. The van der Waals surface area contributed by atoms with Crippen LogP contribution >= 0.6 is 0 Å². The fraction of sp³-hybridized carbons (Fsp3) is 0.600. The molecule has 0 amide bonds. The zero-order chi connectivity index (χ0) is 14.3. The summed E-state index contributed by atoms with van der Waals surface area (Å²) in [6, 6.07) is 0. The average molecular weight is 266 g/mol. The Kier molecular flexibility index (Phi) is 3.60. The average Bonchev–Trinajstić information content (AvgIpc) is 2.58. The molecule has 4 heteroatoms. The zero-order valence-corrected chi connectivity index (χ0v) is 12.1. The van der Waals surface area contributed by atoms with Crippen LogP contribution in [0.15, 0.2) is 36.6 Å². The Hall–Kier alpha value is -1.10. The van der Waals surface area contributed by atoms with Gasteiger partial charge in [-0.3, -0.25) is 0 Å². The summed E-state index contributed by atoms with van der Waals surface area (Å²) in [5.74, 6) is -0.566. The molecular formula is C15H22O4. The Morgan fingerprint density at radius 1 is 1.11 bits per heavy atom. The molecule has 19 heavy (non-hydrogen) atoms. The van der Waals surface area contributed by atoms with Gasteiger partial charge in [0.05, 0.1) is 6.61 Å². The van der Waals surface area contributed by atoms with E-state index in [0.717, 1.165) is 5.57 Å². The van der Waals surface area contributed by atoms with Crippen LogP contribution in [0.4, 0.5) is 0 Å². The summed E-state index contributed by atoms with van der Waals surface area (Å²) < 4.78 is 22.9. The second-order valence-electron chi connectivity index (χ2n) is 5.73. The van der Waals surface area contributed by atoms with Crippen molar-refractivity contribution in [3.05, 3.63) is 36.6 Å². The summed E-state index contributed by atoms with van der Waals surface area (Å²) in [4.78, 5) is 0. The van der Waals surface area contributed by atoms with Crippen molar-refractivity contribution in [2.75, 3.05) is 6.61 Å². The molecule has 0 aliphatic carbocycles. The lowest BCUT2D eigenvalue weighted by atomic mass is 10.1. The van der Waals surface area contributed by atoms with Crippen LogP contribution in [0, 0.1) is 0 Å². The van der Waals surface area contributed by atoms with Crippen molar-refractivity contribution in [2.24, 2.45) is 0 Å². The van der Waals surface area contributed by atoms with Crippen LogP contribution in [-0.2, 0) is 18.9 Å². The molecule has 2 atom stereocenters. The summed E-state index contributed by atoms with van der Waals surface area (Å²) in [7, 11) is 0. The Bertz CT molecular complexity index is 420. The summed E-state index contributed by atoms with van der Waals surface area (Å²) >= 11 is 0. The van der Waals surface area contributed by atoms with Gasteiger partial charge in [0.1, 0.15) is 18.0 Å². The number of rotatable bonds is 2. The highest BCUT2D eigenvalue weighted by atomic mass is 16.8. The molecule has 106 valence electrons. The van der Waals surface area contributed by atoms with Gasteiger partial charge in [-0.2, -0.15) is 0 Å². The maximum Gasteiger partial charge on any atom is 0.205 e. The Balaban J connectivity index is 2.19. The first-order valence-corrected chi connectivity index (χ1v) is 6.43. The Morgan fingerprint density at radius 2 is 1.74 bits per heavy atom. The van der Waals surface area contributed by atoms with Crippen molar-refractivity contribution in [3.8, 4) is 0 Å². The van der Waals surface area contributed by atoms with Crippen LogP contribution < -0.4 is 0 Å². The molecule has 0 radical (unpaired) electrons. The normalized spacial score (nSPS) is 35.2. The lowest BCUT2D eigenvalue weighted by molar-refractivity contribution is -0.201. The molecule has 0 aromatic carbocycles. The largest absolute Gasteiger partial charge is 0.463 e. The van der Waals surface area contributed by atoms with E-state index in [1.165, 1.54) is 0 Å². The predicted molar refractivity (Wildman–Crippen MR) is 72.4 cm³/mol. The van der Waals surface area contributed by atoms with Gasteiger partial charge < -0.3 is 18.9 Å². The SMILES string of the molecule is C=C[C@H]1OC(C)(C)O[C@@H]1/C=C1\OC(C)(C)OCC1=C. The van der Waals surface area contributed by atoms with E-state index in [9.17, 15) is 0 Å². The van der Waals surface area contributed by atoms with E-state index in [4.69, 9.17) is 18.9 Å². The summed E-state index contributed by atoms with van der Waals surface area (Å²) in [5, 5.41) is 0. The van der Waals surface area contributed by atoms with E-state index in [2.05, 4.69) is 13.2 Å². The van der Waals surface area contributed by atoms with E-state index in [1.807, 2.05) is 33.8 Å². The maximum atomic E-state index is 5.84. The van der Waals surface area contributed by atoms with Crippen LogP contribution in [0.3, 0.4) is 0 Å². The van der Waals surface area contributed by atoms with Crippen molar-refractivity contribution in [1.82, 2.24) is 0 Å². The van der Waals surface area contributed by atoms with Gasteiger partial charge in [-0.05, 0) is 19.9 Å². The molecule has 0 spiro atoms. The zero-order valence-electron chi connectivity index (χ0n) is 12.1. The molecule has 2 heterocycles. The molecule has 0 saturated carbocycles. The standard InChI is InChI=1S/C15H22O4/c1-7-11-13(19-15(5,6)17-11)8-12-10(2)9-16-14(3,4)18-12/h7-8,11,13H,1-2,9H2,3-6H3/b12-8-/t11-,13-/m1/s1. The van der Waals surface area contributed by atoms with Crippen LogP contribution in [0.2, 0.25) is 0 Å². The van der Waals surface area contributed by atoms with Crippen LogP contribution in [0.5, 0.6) is 0 Å². The molecule has 4 nitrogen and oxygen atoms in total. The predicted octanol–water partition coefficient (Wildman–Crippen LogP) is 2.92. The molecule has 2 aliphatic heterocycles. The van der Waals surface area contributed by atoms with Crippen molar-refractivity contribution in [3.63, 3.8) is 0 Å². The minimum Gasteiger partial charge on any atom is -0.463 e. The third kappa shape index (κ3) is 3.26. The van der Waals surface area contributed by atoms with Gasteiger partial charge in [-0.15, -0.1) is 6.58 Å². The van der Waals surface area contributed by atoms with Gasteiger partial charge in [0.15, 0.2) is 5.79 Å². The van der Waals surface area contributed by atoms with Crippen molar-refractivity contribution >= 4 is 0 Å². The van der Waals surface area contributed by atoms with Crippen LogP contribution in [0.1, 0.15) is 27.7 Å². The fourth-order valence-corrected chi connectivity index (χ4v) is 2.13. The first kappa shape index (κ1) is 14.3. The lowest BCUT2D eigenvalue weighted by Gasteiger charge is -2.34. The van der Waals surface area contributed by atoms with E-state index >= 15 is 0 Å². The highest BCUT2D eigenvalue weighted by Crippen LogP contribution is 2.33.